The maximum absolute atomic E-state index is 9.00. The first-order valence-electron chi connectivity index (χ1n) is 6.10. The first kappa shape index (κ1) is 15.3. The first-order chi connectivity index (χ1) is 8.56. The molecule has 1 aromatic rings. The molecule has 0 spiro atoms. The SMILES string of the molecule is COc1cc(Br)c(CCCO)c(C(C)C)c1OC. The second-order valence-corrected chi connectivity index (χ2v) is 5.32. The minimum absolute atomic E-state index is 0.193. The summed E-state index contributed by atoms with van der Waals surface area (Å²) in [6.45, 7) is 4.46. The Kier molecular flexibility index (Phi) is 5.96. The Hall–Kier alpha value is -0.740. The molecule has 0 amide bonds. The summed E-state index contributed by atoms with van der Waals surface area (Å²) in [6, 6.07) is 1.93. The molecule has 0 aliphatic rings. The molecule has 0 unspecified atom stereocenters. The zero-order valence-electron chi connectivity index (χ0n) is 11.4. The molecule has 0 bridgehead atoms. The molecule has 1 rings (SSSR count). The van der Waals surface area contributed by atoms with Crippen LogP contribution < -0.4 is 9.47 Å². The molecule has 0 saturated carbocycles. The van der Waals surface area contributed by atoms with E-state index in [-0.39, 0.29) is 6.61 Å². The molecule has 0 aromatic heterocycles. The van der Waals surface area contributed by atoms with Crippen molar-refractivity contribution in [1.29, 1.82) is 0 Å². The van der Waals surface area contributed by atoms with Crippen molar-refractivity contribution in [1.82, 2.24) is 0 Å². The summed E-state index contributed by atoms with van der Waals surface area (Å²) >= 11 is 3.58. The monoisotopic (exact) mass is 316 g/mol. The highest BCUT2D eigenvalue weighted by Gasteiger charge is 2.20. The number of benzene rings is 1. The Balaban J connectivity index is 3.39. The highest BCUT2D eigenvalue weighted by molar-refractivity contribution is 9.10. The standard InChI is InChI=1S/C14H21BrO3/c1-9(2)13-10(6-5-7-16)11(15)8-12(17-3)14(13)18-4/h8-9,16H,5-7H2,1-4H3. The fourth-order valence-electron chi connectivity index (χ4n) is 2.15. The lowest BCUT2D eigenvalue weighted by Gasteiger charge is -2.21. The van der Waals surface area contributed by atoms with Crippen LogP contribution in [0.5, 0.6) is 11.5 Å². The summed E-state index contributed by atoms with van der Waals surface area (Å²) in [5.74, 6) is 1.87. The summed E-state index contributed by atoms with van der Waals surface area (Å²) in [6.07, 6.45) is 1.57. The molecule has 0 atom stereocenters. The molecular weight excluding hydrogens is 296 g/mol. The van der Waals surface area contributed by atoms with E-state index in [1.54, 1.807) is 14.2 Å². The van der Waals surface area contributed by atoms with Gasteiger partial charge in [0.05, 0.1) is 14.2 Å². The van der Waals surface area contributed by atoms with E-state index < -0.39 is 0 Å². The van der Waals surface area contributed by atoms with E-state index in [9.17, 15) is 0 Å². The van der Waals surface area contributed by atoms with Gasteiger partial charge in [-0.05, 0) is 30.4 Å². The van der Waals surface area contributed by atoms with Gasteiger partial charge in [-0.25, -0.2) is 0 Å². The molecule has 0 fully saturated rings. The molecule has 1 N–H and O–H groups in total. The van der Waals surface area contributed by atoms with Crippen molar-refractivity contribution in [3.8, 4) is 11.5 Å². The van der Waals surface area contributed by atoms with E-state index in [4.69, 9.17) is 14.6 Å². The fraction of sp³-hybridized carbons (Fsp3) is 0.571. The Labute approximate surface area is 117 Å². The van der Waals surface area contributed by atoms with Crippen molar-refractivity contribution < 1.29 is 14.6 Å². The summed E-state index contributed by atoms with van der Waals surface area (Å²) < 4.78 is 11.9. The predicted octanol–water partition coefficient (Wildman–Crippen LogP) is 3.51. The number of aliphatic hydroxyl groups is 1. The third-order valence-corrected chi connectivity index (χ3v) is 3.63. The molecule has 102 valence electrons. The molecule has 0 saturated heterocycles. The van der Waals surface area contributed by atoms with E-state index >= 15 is 0 Å². The number of ether oxygens (including phenoxy) is 2. The molecule has 18 heavy (non-hydrogen) atoms. The molecule has 0 aliphatic carbocycles. The first-order valence-corrected chi connectivity index (χ1v) is 6.90. The van der Waals surface area contributed by atoms with Gasteiger partial charge in [0.2, 0.25) is 0 Å². The van der Waals surface area contributed by atoms with Crippen LogP contribution in [0.4, 0.5) is 0 Å². The minimum atomic E-state index is 0.193. The largest absolute Gasteiger partial charge is 0.493 e. The Morgan fingerprint density at radius 2 is 1.94 bits per heavy atom. The van der Waals surface area contributed by atoms with Gasteiger partial charge in [-0.3, -0.25) is 0 Å². The van der Waals surface area contributed by atoms with Gasteiger partial charge in [0.25, 0.3) is 0 Å². The fourth-order valence-corrected chi connectivity index (χ4v) is 2.77. The van der Waals surface area contributed by atoms with Crippen molar-refractivity contribution in [2.75, 3.05) is 20.8 Å². The third-order valence-electron chi connectivity index (χ3n) is 2.93. The van der Waals surface area contributed by atoms with Crippen LogP contribution in [0.15, 0.2) is 10.5 Å². The lowest BCUT2D eigenvalue weighted by atomic mass is 9.93. The summed E-state index contributed by atoms with van der Waals surface area (Å²) in [7, 11) is 3.30. The maximum atomic E-state index is 9.00. The minimum Gasteiger partial charge on any atom is -0.493 e. The quantitative estimate of drug-likeness (QED) is 0.872. The second kappa shape index (κ2) is 7.00. The van der Waals surface area contributed by atoms with Gasteiger partial charge >= 0.3 is 0 Å². The van der Waals surface area contributed by atoms with Gasteiger partial charge in [-0.2, -0.15) is 0 Å². The van der Waals surface area contributed by atoms with Crippen LogP contribution in [0.1, 0.15) is 37.3 Å². The van der Waals surface area contributed by atoms with E-state index in [1.807, 2.05) is 6.07 Å². The summed E-state index contributed by atoms with van der Waals surface area (Å²) in [5.41, 5.74) is 2.34. The van der Waals surface area contributed by atoms with Crippen molar-refractivity contribution in [2.24, 2.45) is 0 Å². The van der Waals surface area contributed by atoms with Crippen LogP contribution in [0.3, 0.4) is 0 Å². The highest BCUT2D eigenvalue weighted by Crippen LogP contribution is 2.42. The number of methoxy groups -OCH3 is 2. The summed E-state index contributed by atoms with van der Waals surface area (Å²) in [4.78, 5) is 0. The third kappa shape index (κ3) is 3.18. The van der Waals surface area contributed by atoms with Crippen molar-refractivity contribution in [3.05, 3.63) is 21.7 Å². The van der Waals surface area contributed by atoms with Crippen molar-refractivity contribution in [3.63, 3.8) is 0 Å². The van der Waals surface area contributed by atoms with Crippen LogP contribution in [0.25, 0.3) is 0 Å². The molecule has 0 aliphatic heterocycles. The zero-order valence-corrected chi connectivity index (χ0v) is 13.0. The normalized spacial score (nSPS) is 10.8. The highest BCUT2D eigenvalue weighted by atomic mass is 79.9. The van der Waals surface area contributed by atoms with E-state index in [2.05, 4.69) is 29.8 Å². The molecular formula is C14H21BrO3. The number of rotatable bonds is 6. The van der Waals surface area contributed by atoms with Crippen LogP contribution in [-0.4, -0.2) is 25.9 Å². The number of hydrogen-bond acceptors (Lipinski definition) is 3. The van der Waals surface area contributed by atoms with Gasteiger partial charge in [0.15, 0.2) is 11.5 Å². The van der Waals surface area contributed by atoms with Crippen molar-refractivity contribution >= 4 is 15.9 Å². The molecule has 4 heteroatoms. The van der Waals surface area contributed by atoms with Crippen LogP contribution >= 0.6 is 15.9 Å². The molecule has 3 nitrogen and oxygen atoms in total. The van der Waals surface area contributed by atoms with E-state index in [1.165, 1.54) is 5.56 Å². The molecule has 0 radical (unpaired) electrons. The lowest BCUT2D eigenvalue weighted by Crippen LogP contribution is -2.05. The van der Waals surface area contributed by atoms with Gasteiger partial charge in [0, 0.05) is 16.6 Å². The maximum Gasteiger partial charge on any atom is 0.164 e. The van der Waals surface area contributed by atoms with Crippen LogP contribution in [0.2, 0.25) is 0 Å². The van der Waals surface area contributed by atoms with Crippen LogP contribution in [-0.2, 0) is 6.42 Å². The van der Waals surface area contributed by atoms with Crippen molar-refractivity contribution in [2.45, 2.75) is 32.6 Å². The Morgan fingerprint density at radius 1 is 1.28 bits per heavy atom. The molecule has 1 aromatic carbocycles. The molecule has 0 heterocycles. The van der Waals surface area contributed by atoms with E-state index in [0.717, 1.165) is 34.4 Å². The lowest BCUT2D eigenvalue weighted by molar-refractivity contribution is 0.288. The zero-order chi connectivity index (χ0) is 13.7. The van der Waals surface area contributed by atoms with Gasteiger partial charge in [-0.15, -0.1) is 0 Å². The van der Waals surface area contributed by atoms with Gasteiger partial charge < -0.3 is 14.6 Å². The smallest absolute Gasteiger partial charge is 0.164 e. The number of aliphatic hydroxyl groups excluding tert-OH is 1. The van der Waals surface area contributed by atoms with E-state index in [0.29, 0.717) is 5.92 Å². The second-order valence-electron chi connectivity index (χ2n) is 4.47. The Bertz CT molecular complexity index is 403. The van der Waals surface area contributed by atoms with Gasteiger partial charge in [-0.1, -0.05) is 29.8 Å². The van der Waals surface area contributed by atoms with Gasteiger partial charge in [0.1, 0.15) is 0 Å². The average molecular weight is 317 g/mol. The van der Waals surface area contributed by atoms with Crippen LogP contribution in [0, 0.1) is 0 Å². The number of hydrogen-bond donors (Lipinski definition) is 1. The predicted molar refractivity (Wildman–Crippen MR) is 76.7 cm³/mol. The average Bonchev–Trinajstić information content (AvgIpc) is 2.35. The Morgan fingerprint density at radius 3 is 2.39 bits per heavy atom. The summed E-state index contributed by atoms with van der Waals surface area (Å²) in [5, 5.41) is 9.00. The number of halogens is 1. The topological polar surface area (TPSA) is 38.7 Å².